The smallest absolute Gasteiger partial charge is 0.317 e. The molecule has 108 valence electrons. The molecule has 5 nitrogen and oxygen atoms in total. The number of hydrogen-bond acceptors (Lipinski definition) is 4. The van der Waals surface area contributed by atoms with E-state index in [0.29, 0.717) is 23.2 Å². The van der Waals surface area contributed by atoms with Crippen molar-refractivity contribution in [2.75, 3.05) is 13.1 Å². The average Bonchev–Trinajstić information content (AvgIpc) is 2.87. The minimum atomic E-state index is -0.941. The van der Waals surface area contributed by atoms with Crippen molar-refractivity contribution >= 4 is 17.6 Å². The number of carbonyl (C=O) groups is 1. The number of carboxylic acids is 1. The molecule has 1 aromatic heterocycles. The first-order chi connectivity index (χ1) is 10.1. The van der Waals surface area contributed by atoms with Crippen molar-refractivity contribution in [3.05, 3.63) is 41.2 Å². The van der Waals surface area contributed by atoms with Crippen LogP contribution in [-0.4, -0.2) is 34.0 Å². The summed E-state index contributed by atoms with van der Waals surface area (Å²) in [6.45, 7) is 0.385. The van der Waals surface area contributed by atoms with Crippen molar-refractivity contribution in [2.45, 2.75) is 6.54 Å². The maximum atomic E-state index is 10.8. The minimum Gasteiger partial charge on any atom is -0.480 e. The minimum absolute atomic E-state index is 0.149. The van der Waals surface area contributed by atoms with E-state index in [1.807, 2.05) is 6.07 Å². The van der Waals surface area contributed by atoms with E-state index in [2.05, 4.69) is 10.9 Å². The van der Waals surface area contributed by atoms with Gasteiger partial charge in [-0.2, -0.15) is 0 Å². The number of carboxylic acid groups (broad SMARTS) is 1. The Balaban J connectivity index is 2.12. The lowest BCUT2D eigenvalue weighted by molar-refractivity contribution is -0.138. The van der Waals surface area contributed by atoms with Crippen LogP contribution in [0.15, 0.2) is 34.9 Å². The molecular formula is C15H13ClN2O3. The van der Waals surface area contributed by atoms with Gasteiger partial charge in [-0.3, -0.25) is 9.69 Å². The number of aliphatic carboxylic acids is 1. The maximum absolute atomic E-state index is 10.8. The normalized spacial score (nSPS) is 10.5. The zero-order valence-corrected chi connectivity index (χ0v) is 11.9. The molecule has 0 radical (unpaired) electrons. The molecule has 2 rings (SSSR count). The lowest BCUT2D eigenvalue weighted by atomic mass is 10.2. The molecule has 0 aliphatic heterocycles. The second-order valence-corrected chi connectivity index (χ2v) is 4.83. The van der Waals surface area contributed by atoms with E-state index in [1.54, 1.807) is 23.1 Å². The number of rotatable bonds is 6. The van der Waals surface area contributed by atoms with Crippen molar-refractivity contribution in [1.82, 2.24) is 9.88 Å². The fraction of sp³-hybridized carbons (Fsp3) is 0.200. The molecule has 0 atom stereocenters. The molecule has 0 saturated carbocycles. The summed E-state index contributed by atoms with van der Waals surface area (Å²) >= 11 is 5.92. The lowest BCUT2D eigenvalue weighted by Gasteiger charge is -2.14. The van der Waals surface area contributed by atoms with E-state index in [4.69, 9.17) is 27.5 Å². The molecule has 0 saturated heterocycles. The van der Waals surface area contributed by atoms with Crippen molar-refractivity contribution < 1.29 is 14.3 Å². The Bertz CT molecular complexity index is 676. The molecule has 0 spiro atoms. The van der Waals surface area contributed by atoms with E-state index in [9.17, 15) is 4.79 Å². The quantitative estimate of drug-likeness (QED) is 0.831. The molecule has 0 fully saturated rings. The molecule has 1 N–H and O–H groups in total. The number of nitrogens with zero attached hydrogens (tertiary/aromatic N) is 2. The summed E-state index contributed by atoms with van der Waals surface area (Å²) in [6.07, 6.45) is 6.72. The van der Waals surface area contributed by atoms with Crippen molar-refractivity contribution in [2.24, 2.45) is 0 Å². The van der Waals surface area contributed by atoms with E-state index in [1.165, 1.54) is 6.26 Å². The summed E-state index contributed by atoms with van der Waals surface area (Å²) in [7, 11) is 0. The van der Waals surface area contributed by atoms with Crippen LogP contribution in [0.2, 0.25) is 5.02 Å². The van der Waals surface area contributed by atoms with Gasteiger partial charge in [-0.1, -0.05) is 23.6 Å². The Morgan fingerprint density at radius 1 is 1.52 bits per heavy atom. The van der Waals surface area contributed by atoms with Crippen LogP contribution in [0.1, 0.15) is 5.69 Å². The standard InChI is InChI=1S/C15H13ClN2O3/c1-2-6-18(9-14(19)20)8-13-10-21-15(17-13)11-4-3-5-12(16)7-11/h1,3-5,7,10H,6,8-9H2,(H,19,20). The molecule has 0 unspecified atom stereocenters. The van der Waals surface area contributed by atoms with Crippen LogP contribution in [0.25, 0.3) is 11.5 Å². The average molecular weight is 305 g/mol. The largest absolute Gasteiger partial charge is 0.480 e. The topological polar surface area (TPSA) is 66.6 Å². The molecule has 1 heterocycles. The first-order valence-electron chi connectivity index (χ1n) is 6.16. The van der Waals surface area contributed by atoms with Crippen LogP contribution in [-0.2, 0) is 11.3 Å². The Morgan fingerprint density at radius 3 is 3.00 bits per heavy atom. The van der Waals surface area contributed by atoms with E-state index in [-0.39, 0.29) is 13.1 Å². The summed E-state index contributed by atoms with van der Waals surface area (Å²) in [5.41, 5.74) is 1.37. The monoisotopic (exact) mass is 304 g/mol. The van der Waals surface area contributed by atoms with Gasteiger partial charge in [-0.15, -0.1) is 6.42 Å². The van der Waals surface area contributed by atoms with Gasteiger partial charge < -0.3 is 9.52 Å². The molecular weight excluding hydrogens is 292 g/mol. The van der Waals surface area contributed by atoms with Crippen LogP contribution in [0, 0.1) is 12.3 Å². The highest BCUT2D eigenvalue weighted by Crippen LogP contribution is 2.22. The van der Waals surface area contributed by atoms with Gasteiger partial charge in [-0.25, -0.2) is 4.98 Å². The Labute approximate surface area is 127 Å². The van der Waals surface area contributed by atoms with Gasteiger partial charge in [0.05, 0.1) is 18.8 Å². The van der Waals surface area contributed by atoms with Crippen LogP contribution < -0.4 is 0 Å². The number of oxazole rings is 1. The van der Waals surface area contributed by atoms with Gasteiger partial charge in [0.1, 0.15) is 6.26 Å². The van der Waals surface area contributed by atoms with E-state index in [0.717, 1.165) is 5.56 Å². The number of halogens is 1. The van der Waals surface area contributed by atoms with Crippen molar-refractivity contribution in [3.8, 4) is 23.8 Å². The number of aromatic nitrogens is 1. The third-order valence-electron chi connectivity index (χ3n) is 2.68. The fourth-order valence-electron chi connectivity index (χ4n) is 1.85. The van der Waals surface area contributed by atoms with Gasteiger partial charge in [-0.05, 0) is 18.2 Å². The van der Waals surface area contributed by atoms with E-state index >= 15 is 0 Å². The predicted octanol–water partition coefficient (Wildman–Crippen LogP) is 2.51. The van der Waals surface area contributed by atoms with Gasteiger partial charge in [0, 0.05) is 17.1 Å². The Hall–Kier alpha value is -2.29. The van der Waals surface area contributed by atoms with Crippen LogP contribution >= 0.6 is 11.6 Å². The second-order valence-electron chi connectivity index (χ2n) is 4.40. The third-order valence-corrected chi connectivity index (χ3v) is 2.92. The molecule has 0 aliphatic carbocycles. The highest BCUT2D eigenvalue weighted by atomic mass is 35.5. The first-order valence-corrected chi connectivity index (χ1v) is 6.54. The number of hydrogen-bond donors (Lipinski definition) is 1. The molecule has 1 aromatic carbocycles. The van der Waals surface area contributed by atoms with Crippen molar-refractivity contribution in [3.63, 3.8) is 0 Å². The van der Waals surface area contributed by atoms with Gasteiger partial charge >= 0.3 is 5.97 Å². The lowest BCUT2D eigenvalue weighted by Crippen LogP contribution is -2.29. The van der Waals surface area contributed by atoms with Crippen LogP contribution in [0.4, 0.5) is 0 Å². The van der Waals surface area contributed by atoms with Gasteiger partial charge in [0.15, 0.2) is 0 Å². The fourth-order valence-corrected chi connectivity index (χ4v) is 2.04. The van der Waals surface area contributed by atoms with Gasteiger partial charge in [0.25, 0.3) is 0 Å². The summed E-state index contributed by atoms with van der Waals surface area (Å²) in [5.74, 6) is 1.92. The molecule has 6 heteroatoms. The summed E-state index contributed by atoms with van der Waals surface area (Å²) in [5, 5.41) is 9.42. The molecule has 0 amide bonds. The van der Waals surface area contributed by atoms with Crippen LogP contribution in [0.5, 0.6) is 0 Å². The molecule has 21 heavy (non-hydrogen) atoms. The summed E-state index contributed by atoms with van der Waals surface area (Å²) in [4.78, 5) is 16.7. The maximum Gasteiger partial charge on any atom is 0.317 e. The second kappa shape index (κ2) is 6.93. The first kappa shape index (κ1) is 15.1. The summed E-state index contributed by atoms with van der Waals surface area (Å²) in [6, 6.07) is 7.14. The Morgan fingerprint density at radius 2 is 2.33 bits per heavy atom. The zero-order chi connectivity index (χ0) is 15.2. The summed E-state index contributed by atoms with van der Waals surface area (Å²) < 4.78 is 5.39. The number of terminal acetylenes is 1. The SMILES string of the molecule is C#CCN(CC(=O)O)Cc1coc(-c2cccc(Cl)c2)n1. The van der Waals surface area contributed by atoms with Crippen LogP contribution in [0.3, 0.4) is 0 Å². The van der Waals surface area contributed by atoms with Crippen molar-refractivity contribution in [1.29, 1.82) is 0 Å². The third kappa shape index (κ3) is 4.35. The molecule has 0 aliphatic rings. The highest BCUT2D eigenvalue weighted by molar-refractivity contribution is 6.30. The van der Waals surface area contributed by atoms with Gasteiger partial charge in [0.2, 0.25) is 5.89 Å². The number of benzene rings is 1. The predicted molar refractivity (Wildman–Crippen MR) is 78.7 cm³/mol. The van der Waals surface area contributed by atoms with E-state index < -0.39 is 5.97 Å². The molecule has 2 aromatic rings. The zero-order valence-electron chi connectivity index (χ0n) is 11.1. The molecule has 0 bridgehead atoms. The Kier molecular flexibility index (Phi) is 4.99. The highest BCUT2D eigenvalue weighted by Gasteiger charge is 2.13.